The molecule has 1 saturated heterocycles. The van der Waals surface area contributed by atoms with E-state index in [9.17, 15) is 4.79 Å². The van der Waals surface area contributed by atoms with Gasteiger partial charge in [-0.25, -0.2) is 0 Å². The Kier molecular flexibility index (Phi) is 5.41. The maximum Gasteiger partial charge on any atom is 0.360 e. The fraction of sp³-hybridized carbons (Fsp3) is 0.500. The van der Waals surface area contributed by atoms with Crippen LogP contribution >= 0.6 is 0 Å². The quantitative estimate of drug-likeness (QED) is 0.516. The molecule has 0 atom stereocenters. The van der Waals surface area contributed by atoms with Crippen LogP contribution in [0.1, 0.15) is 29.6 Å². The molecule has 6 heteroatoms. The van der Waals surface area contributed by atoms with Gasteiger partial charge in [-0.15, -0.1) is 0 Å². The molecule has 20 heavy (non-hydrogen) atoms. The van der Waals surface area contributed by atoms with Gasteiger partial charge < -0.3 is 10.6 Å². The molecule has 2 rings (SSSR count). The summed E-state index contributed by atoms with van der Waals surface area (Å²) in [7, 11) is 0. The first-order valence-corrected chi connectivity index (χ1v) is 6.95. The zero-order valence-corrected chi connectivity index (χ0v) is 11.5. The van der Waals surface area contributed by atoms with E-state index < -0.39 is 5.91 Å². The van der Waals surface area contributed by atoms with Crippen LogP contribution in [0, 0.1) is 0 Å². The molecule has 1 aliphatic heterocycles. The highest BCUT2D eigenvalue weighted by atomic mass is 16.1. The molecule has 0 aromatic heterocycles. The van der Waals surface area contributed by atoms with Gasteiger partial charge >= 0.3 is 5.91 Å². The van der Waals surface area contributed by atoms with Gasteiger partial charge in [0.1, 0.15) is 11.7 Å². The molecule has 0 spiro atoms. The summed E-state index contributed by atoms with van der Waals surface area (Å²) in [6.45, 7) is 3.74. The van der Waals surface area contributed by atoms with Crippen molar-refractivity contribution in [2.45, 2.75) is 19.3 Å². The number of anilines is 1. The Hall–Kier alpha value is -2.04. The molecule has 1 aromatic rings. The van der Waals surface area contributed by atoms with Gasteiger partial charge in [0, 0.05) is 17.8 Å². The second-order valence-electron chi connectivity index (χ2n) is 4.88. The number of nitrogens with two attached hydrogens (primary N) is 1. The van der Waals surface area contributed by atoms with Gasteiger partial charge in [0.05, 0.1) is 0 Å². The third kappa shape index (κ3) is 4.57. The molecule has 106 valence electrons. The van der Waals surface area contributed by atoms with E-state index in [0.717, 1.165) is 19.6 Å². The fourth-order valence-electron chi connectivity index (χ4n) is 2.17. The lowest BCUT2D eigenvalue weighted by atomic mass is 10.1. The van der Waals surface area contributed by atoms with E-state index in [0.29, 0.717) is 17.8 Å². The first-order valence-electron chi connectivity index (χ1n) is 6.95. The number of nitrogen functional groups attached to an aromatic ring is 1. The molecule has 0 bridgehead atoms. The Labute approximate surface area is 118 Å². The van der Waals surface area contributed by atoms with Gasteiger partial charge in [-0.2, -0.15) is 0 Å². The standard InChI is InChI=1S/C14H19N5O/c15-13-6-4-12(5-7-13)14(20)17-18-16-8-11-19-9-2-1-3-10-19/h4-7H,1-3,8-11H2,(H-,15,20)/p+1. The SMILES string of the molecule is Nc1ccc(C(=O)N=[N+]=NCCN2CCCCC2)cc1. The van der Waals surface area contributed by atoms with Crippen molar-refractivity contribution in [1.82, 2.24) is 9.81 Å². The highest BCUT2D eigenvalue weighted by Gasteiger charge is 2.11. The van der Waals surface area contributed by atoms with Gasteiger partial charge in [-0.05, 0) is 50.2 Å². The second-order valence-corrected chi connectivity index (χ2v) is 4.88. The summed E-state index contributed by atoms with van der Waals surface area (Å²) in [6, 6.07) is 6.58. The molecule has 0 aliphatic carbocycles. The maximum atomic E-state index is 11.6. The molecule has 1 fully saturated rings. The third-order valence-corrected chi connectivity index (χ3v) is 3.32. The van der Waals surface area contributed by atoms with Crippen molar-refractivity contribution in [2.24, 2.45) is 10.2 Å². The van der Waals surface area contributed by atoms with E-state index in [1.54, 1.807) is 24.3 Å². The van der Waals surface area contributed by atoms with Crippen LogP contribution in [0.4, 0.5) is 5.69 Å². The van der Waals surface area contributed by atoms with Crippen LogP contribution in [0.3, 0.4) is 0 Å². The van der Waals surface area contributed by atoms with Gasteiger partial charge in [-0.3, -0.25) is 4.79 Å². The third-order valence-electron chi connectivity index (χ3n) is 3.32. The zero-order chi connectivity index (χ0) is 14.2. The average Bonchev–Trinajstić information content (AvgIpc) is 2.48. The van der Waals surface area contributed by atoms with Crippen molar-refractivity contribution in [1.29, 1.82) is 0 Å². The summed E-state index contributed by atoms with van der Waals surface area (Å²) >= 11 is 0. The first-order chi connectivity index (χ1) is 9.75. The monoisotopic (exact) mass is 274 g/mol. The van der Waals surface area contributed by atoms with Crippen LogP contribution in [-0.2, 0) is 0 Å². The largest absolute Gasteiger partial charge is 0.399 e. The Morgan fingerprint density at radius 3 is 2.60 bits per heavy atom. The lowest BCUT2D eigenvalue weighted by Crippen LogP contribution is -2.31. The van der Waals surface area contributed by atoms with Crippen molar-refractivity contribution < 1.29 is 4.79 Å². The van der Waals surface area contributed by atoms with E-state index in [1.165, 1.54) is 19.3 Å². The highest BCUT2D eigenvalue weighted by Crippen LogP contribution is 2.07. The number of carbonyl (C=O) groups excluding carboxylic acids is 1. The Morgan fingerprint density at radius 1 is 1.20 bits per heavy atom. The number of rotatable bonds is 4. The van der Waals surface area contributed by atoms with Crippen LogP contribution in [0.25, 0.3) is 0 Å². The van der Waals surface area contributed by atoms with Crippen molar-refractivity contribution in [3.8, 4) is 0 Å². The molecule has 6 nitrogen and oxygen atoms in total. The maximum absolute atomic E-state index is 11.6. The van der Waals surface area contributed by atoms with Gasteiger partial charge in [-0.1, -0.05) is 6.42 Å². The van der Waals surface area contributed by atoms with Crippen molar-refractivity contribution in [2.75, 3.05) is 31.9 Å². The molecule has 0 radical (unpaired) electrons. The number of likely N-dealkylation sites (tertiary alicyclic amines) is 1. The predicted molar refractivity (Wildman–Crippen MR) is 77.3 cm³/mol. The van der Waals surface area contributed by atoms with Gasteiger partial charge in [0.15, 0.2) is 0 Å². The fourth-order valence-corrected chi connectivity index (χ4v) is 2.17. The van der Waals surface area contributed by atoms with Crippen LogP contribution < -0.4 is 10.6 Å². The molecule has 1 aromatic carbocycles. The molecule has 0 saturated carbocycles. The Balaban J connectivity index is 1.78. The molecule has 1 heterocycles. The summed E-state index contributed by atoms with van der Waals surface area (Å²) in [6.07, 6.45) is 3.84. The van der Waals surface area contributed by atoms with Crippen LogP contribution in [0.5, 0.6) is 0 Å². The summed E-state index contributed by atoms with van der Waals surface area (Å²) in [5.74, 6) is -0.397. The van der Waals surface area contributed by atoms with E-state index in [1.807, 2.05) is 0 Å². The Morgan fingerprint density at radius 2 is 1.90 bits per heavy atom. The molecule has 1 amide bonds. The summed E-state index contributed by atoms with van der Waals surface area (Å²) in [5.41, 5.74) is 6.63. The van der Waals surface area contributed by atoms with Crippen molar-refractivity contribution >= 4 is 11.6 Å². The van der Waals surface area contributed by atoms with E-state index in [2.05, 4.69) is 20.0 Å². The summed E-state index contributed by atoms with van der Waals surface area (Å²) in [4.78, 5) is 17.6. The lowest BCUT2D eigenvalue weighted by Gasteiger charge is -2.24. The normalized spacial score (nSPS) is 15.4. The summed E-state index contributed by atoms with van der Waals surface area (Å²) in [5, 5.41) is 7.49. The smallest absolute Gasteiger partial charge is 0.360 e. The second kappa shape index (κ2) is 7.53. The van der Waals surface area contributed by atoms with Crippen LogP contribution in [0.2, 0.25) is 0 Å². The highest BCUT2D eigenvalue weighted by molar-refractivity contribution is 5.94. The number of hydrogen-bond donors (Lipinski definition) is 1. The summed E-state index contributed by atoms with van der Waals surface area (Å²) < 4.78 is 0. The number of amides is 1. The van der Waals surface area contributed by atoms with Crippen molar-refractivity contribution in [3.05, 3.63) is 29.8 Å². The number of nitrogens with zero attached hydrogens (tertiary/aromatic N) is 4. The zero-order valence-electron chi connectivity index (χ0n) is 11.5. The molecular formula is C14H20N5O+. The topological polar surface area (TPSA) is 85.2 Å². The number of carbonyl (C=O) groups is 1. The molecule has 0 unspecified atom stereocenters. The van der Waals surface area contributed by atoms with E-state index in [4.69, 9.17) is 5.73 Å². The average molecular weight is 274 g/mol. The van der Waals surface area contributed by atoms with Gasteiger partial charge in [0.25, 0.3) is 0 Å². The number of piperidine rings is 1. The minimum absolute atomic E-state index is 0.397. The van der Waals surface area contributed by atoms with Gasteiger partial charge in [0.2, 0.25) is 10.0 Å². The predicted octanol–water partition coefficient (Wildman–Crippen LogP) is 1.87. The first kappa shape index (κ1) is 14.4. The number of hydrogen-bond acceptors (Lipinski definition) is 4. The number of benzene rings is 1. The molecule has 1 aliphatic rings. The minimum atomic E-state index is -0.397. The van der Waals surface area contributed by atoms with Crippen LogP contribution in [-0.4, -0.2) is 37.0 Å². The van der Waals surface area contributed by atoms with E-state index in [-0.39, 0.29) is 0 Å². The van der Waals surface area contributed by atoms with Crippen molar-refractivity contribution in [3.63, 3.8) is 0 Å². The van der Waals surface area contributed by atoms with E-state index >= 15 is 0 Å². The molecule has 2 N–H and O–H groups in total. The lowest BCUT2D eigenvalue weighted by molar-refractivity contribution is 0.0992. The minimum Gasteiger partial charge on any atom is -0.399 e. The molecular weight excluding hydrogens is 254 g/mol. The van der Waals surface area contributed by atoms with Crippen LogP contribution in [0.15, 0.2) is 34.5 Å². The Bertz CT molecular complexity index is 499.